The van der Waals surface area contributed by atoms with Gasteiger partial charge < -0.3 is 15.2 Å². The first kappa shape index (κ1) is 9.76. The predicted molar refractivity (Wildman–Crippen MR) is 54.4 cm³/mol. The normalized spacial score (nSPS) is 23.6. The Balaban J connectivity index is 2.37. The number of hydrogen-bond acceptors (Lipinski definition) is 4. The molecule has 0 fully saturated rings. The average Bonchev–Trinajstić information content (AvgIpc) is 2.19. The lowest BCUT2D eigenvalue weighted by molar-refractivity contribution is 0.0695. The third-order valence-electron chi connectivity index (χ3n) is 2.48. The van der Waals surface area contributed by atoms with Crippen molar-refractivity contribution in [3.63, 3.8) is 0 Å². The minimum atomic E-state index is -1.000. The molecule has 2 atom stereocenters. The number of pyridine rings is 1. The van der Waals surface area contributed by atoms with Crippen LogP contribution >= 0.6 is 0 Å². The van der Waals surface area contributed by atoms with Gasteiger partial charge in [-0.3, -0.25) is 0 Å². The van der Waals surface area contributed by atoms with Gasteiger partial charge in [-0.05, 0) is 13.8 Å². The first-order chi connectivity index (χ1) is 7.08. The van der Waals surface area contributed by atoms with Crippen LogP contribution in [0.15, 0.2) is 12.3 Å². The molecular weight excluding hydrogens is 196 g/mol. The van der Waals surface area contributed by atoms with Crippen molar-refractivity contribution in [2.75, 3.05) is 5.32 Å². The molecule has 5 nitrogen and oxygen atoms in total. The summed E-state index contributed by atoms with van der Waals surface area (Å²) >= 11 is 0. The Morgan fingerprint density at radius 1 is 1.60 bits per heavy atom. The summed E-state index contributed by atoms with van der Waals surface area (Å²) in [5, 5.41) is 11.9. The van der Waals surface area contributed by atoms with Crippen molar-refractivity contribution in [1.82, 2.24) is 4.98 Å². The summed E-state index contributed by atoms with van der Waals surface area (Å²) in [7, 11) is 0. The first-order valence-corrected chi connectivity index (χ1v) is 4.74. The Kier molecular flexibility index (Phi) is 2.22. The molecule has 0 aromatic carbocycles. The van der Waals surface area contributed by atoms with Crippen LogP contribution in [0.3, 0.4) is 0 Å². The molecule has 0 saturated heterocycles. The van der Waals surface area contributed by atoms with Gasteiger partial charge in [0.05, 0.1) is 11.6 Å². The van der Waals surface area contributed by atoms with Gasteiger partial charge in [0.1, 0.15) is 6.10 Å². The lowest BCUT2D eigenvalue weighted by atomic mass is 10.1. The number of aromatic carboxylic acids is 1. The second kappa shape index (κ2) is 3.42. The van der Waals surface area contributed by atoms with Crippen molar-refractivity contribution in [2.24, 2.45) is 0 Å². The molecule has 0 aliphatic carbocycles. The third-order valence-corrected chi connectivity index (χ3v) is 2.48. The van der Waals surface area contributed by atoms with Crippen LogP contribution in [-0.4, -0.2) is 28.2 Å². The summed E-state index contributed by atoms with van der Waals surface area (Å²) in [6.07, 6.45) is 1.32. The maximum Gasteiger partial charge on any atom is 0.337 e. The molecule has 1 aliphatic rings. The standard InChI is InChI=1S/C10H12N2O3/c1-5-6(2)15-8-3-7(10(13)14)4-11-9(8)12-5/h3-6H,1-2H3,(H,11,12)(H,13,14). The van der Waals surface area contributed by atoms with Crippen molar-refractivity contribution >= 4 is 11.8 Å². The highest BCUT2D eigenvalue weighted by Crippen LogP contribution is 2.29. The fourth-order valence-corrected chi connectivity index (χ4v) is 1.40. The number of hydrogen-bond donors (Lipinski definition) is 2. The van der Waals surface area contributed by atoms with E-state index in [2.05, 4.69) is 10.3 Å². The van der Waals surface area contributed by atoms with E-state index in [1.165, 1.54) is 12.3 Å². The van der Waals surface area contributed by atoms with Crippen LogP contribution in [0.5, 0.6) is 5.75 Å². The van der Waals surface area contributed by atoms with Crippen LogP contribution in [0.1, 0.15) is 24.2 Å². The van der Waals surface area contributed by atoms with Gasteiger partial charge in [0.15, 0.2) is 11.6 Å². The van der Waals surface area contributed by atoms with Crippen molar-refractivity contribution in [2.45, 2.75) is 26.0 Å². The number of aromatic nitrogens is 1. The van der Waals surface area contributed by atoms with E-state index in [0.29, 0.717) is 11.6 Å². The van der Waals surface area contributed by atoms with Crippen LogP contribution in [0.4, 0.5) is 5.82 Å². The summed E-state index contributed by atoms with van der Waals surface area (Å²) in [4.78, 5) is 14.7. The Morgan fingerprint density at radius 3 is 3.00 bits per heavy atom. The maximum absolute atomic E-state index is 10.7. The van der Waals surface area contributed by atoms with E-state index >= 15 is 0 Å². The van der Waals surface area contributed by atoms with E-state index in [-0.39, 0.29) is 17.7 Å². The van der Waals surface area contributed by atoms with E-state index in [1.54, 1.807) is 0 Å². The van der Waals surface area contributed by atoms with Crippen LogP contribution in [0, 0.1) is 0 Å². The van der Waals surface area contributed by atoms with Gasteiger partial charge in [-0.1, -0.05) is 0 Å². The molecule has 1 aliphatic heterocycles. The average molecular weight is 208 g/mol. The molecule has 2 unspecified atom stereocenters. The fourth-order valence-electron chi connectivity index (χ4n) is 1.40. The number of anilines is 1. The lowest BCUT2D eigenvalue weighted by Gasteiger charge is -2.29. The summed E-state index contributed by atoms with van der Waals surface area (Å²) in [6.45, 7) is 3.91. The van der Waals surface area contributed by atoms with Gasteiger partial charge in [0.25, 0.3) is 0 Å². The number of nitrogens with one attached hydrogen (secondary N) is 1. The van der Waals surface area contributed by atoms with E-state index in [9.17, 15) is 4.79 Å². The molecule has 2 heterocycles. The van der Waals surface area contributed by atoms with Gasteiger partial charge in [0.2, 0.25) is 0 Å². The molecule has 0 amide bonds. The Hall–Kier alpha value is -1.78. The molecule has 0 bridgehead atoms. The Labute approximate surface area is 87.1 Å². The maximum atomic E-state index is 10.7. The van der Waals surface area contributed by atoms with E-state index in [0.717, 1.165) is 0 Å². The van der Waals surface area contributed by atoms with E-state index in [1.807, 2.05) is 13.8 Å². The minimum Gasteiger partial charge on any atom is -0.485 e. The van der Waals surface area contributed by atoms with Gasteiger partial charge in [-0.15, -0.1) is 0 Å². The summed E-state index contributed by atoms with van der Waals surface area (Å²) < 4.78 is 5.55. The summed E-state index contributed by atoms with van der Waals surface area (Å²) in [5.41, 5.74) is 0.136. The molecule has 80 valence electrons. The number of nitrogens with zero attached hydrogens (tertiary/aromatic N) is 1. The van der Waals surface area contributed by atoms with Gasteiger partial charge >= 0.3 is 5.97 Å². The highest BCUT2D eigenvalue weighted by molar-refractivity contribution is 5.88. The second-order valence-corrected chi connectivity index (χ2v) is 3.63. The Morgan fingerprint density at radius 2 is 2.33 bits per heavy atom. The quantitative estimate of drug-likeness (QED) is 0.729. The molecule has 1 aromatic rings. The fraction of sp³-hybridized carbons (Fsp3) is 0.400. The van der Waals surface area contributed by atoms with Crippen LogP contribution in [-0.2, 0) is 0 Å². The van der Waals surface area contributed by atoms with Crippen LogP contribution < -0.4 is 10.1 Å². The first-order valence-electron chi connectivity index (χ1n) is 4.74. The SMILES string of the molecule is CC1Nc2ncc(C(=O)O)cc2OC1C. The number of fused-ring (bicyclic) bond motifs is 1. The van der Waals surface area contributed by atoms with Crippen LogP contribution in [0.2, 0.25) is 0 Å². The molecule has 15 heavy (non-hydrogen) atoms. The smallest absolute Gasteiger partial charge is 0.337 e. The van der Waals surface area contributed by atoms with Crippen molar-refractivity contribution < 1.29 is 14.6 Å². The number of ether oxygens (including phenoxy) is 1. The number of carbonyl (C=O) groups is 1. The topological polar surface area (TPSA) is 71.5 Å². The zero-order valence-corrected chi connectivity index (χ0v) is 8.52. The molecule has 0 spiro atoms. The zero-order valence-electron chi connectivity index (χ0n) is 8.52. The second-order valence-electron chi connectivity index (χ2n) is 3.63. The third kappa shape index (κ3) is 1.72. The molecule has 5 heteroatoms. The van der Waals surface area contributed by atoms with Crippen molar-refractivity contribution in [3.8, 4) is 5.75 Å². The molecular formula is C10H12N2O3. The van der Waals surface area contributed by atoms with Gasteiger partial charge in [-0.25, -0.2) is 9.78 Å². The molecule has 1 aromatic heterocycles. The minimum absolute atomic E-state index is 0.00310. The van der Waals surface area contributed by atoms with Gasteiger partial charge in [0, 0.05) is 12.3 Å². The highest BCUT2D eigenvalue weighted by atomic mass is 16.5. The van der Waals surface area contributed by atoms with Crippen molar-refractivity contribution in [1.29, 1.82) is 0 Å². The molecule has 0 saturated carbocycles. The molecule has 2 rings (SSSR count). The predicted octanol–water partition coefficient (Wildman–Crippen LogP) is 1.36. The number of carboxylic acids is 1. The van der Waals surface area contributed by atoms with E-state index in [4.69, 9.17) is 9.84 Å². The number of rotatable bonds is 1. The Bertz CT molecular complexity index is 406. The number of carboxylic acid groups (broad SMARTS) is 1. The largest absolute Gasteiger partial charge is 0.485 e. The lowest BCUT2D eigenvalue weighted by Crippen LogP contribution is -2.37. The summed E-state index contributed by atoms with van der Waals surface area (Å²) in [6, 6.07) is 1.65. The van der Waals surface area contributed by atoms with Gasteiger partial charge in [-0.2, -0.15) is 0 Å². The monoisotopic (exact) mass is 208 g/mol. The molecule has 0 radical (unpaired) electrons. The summed E-state index contributed by atoms with van der Waals surface area (Å²) in [5.74, 6) is 0.103. The van der Waals surface area contributed by atoms with Crippen LogP contribution in [0.25, 0.3) is 0 Å². The van der Waals surface area contributed by atoms with Crippen molar-refractivity contribution in [3.05, 3.63) is 17.8 Å². The zero-order chi connectivity index (χ0) is 11.0. The van der Waals surface area contributed by atoms with E-state index < -0.39 is 5.97 Å². The highest BCUT2D eigenvalue weighted by Gasteiger charge is 2.24. The molecule has 2 N–H and O–H groups in total.